The molecular weight excluding hydrogens is 452 g/mol. The van der Waals surface area contributed by atoms with Crippen LogP contribution >= 0.6 is 11.6 Å². The number of benzene rings is 2. The molecule has 0 bridgehead atoms. The van der Waals surface area contributed by atoms with Gasteiger partial charge in [-0.2, -0.15) is 0 Å². The SMILES string of the molecule is Cc1oc(-c2ccc(OC(C)C)cc2)nc1CN1C=CN2NC(c3ccc(Cl)cc3)CC2C1=O. The van der Waals surface area contributed by atoms with Crippen LogP contribution in [-0.2, 0) is 11.3 Å². The van der Waals surface area contributed by atoms with Gasteiger partial charge < -0.3 is 19.1 Å². The summed E-state index contributed by atoms with van der Waals surface area (Å²) in [7, 11) is 0. The average molecular weight is 479 g/mol. The van der Waals surface area contributed by atoms with Gasteiger partial charge in [-0.3, -0.25) is 4.79 Å². The third-order valence-corrected chi connectivity index (χ3v) is 6.29. The number of halogens is 1. The second-order valence-electron chi connectivity index (χ2n) is 8.87. The predicted molar refractivity (Wildman–Crippen MR) is 130 cm³/mol. The highest BCUT2D eigenvalue weighted by molar-refractivity contribution is 6.30. The van der Waals surface area contributed by atoms with Gasteiger partial charge in [-0.15, -0.1) is 0 Å². The molecule has 0 spiro atoms. The van der Waals surface area contributed by atoms with Crippen molar-refractivity contribution in [1.82, 2.24) is 20.3 Å². The monoisotopic (exact) mass is 478 g/mol. The molecule has 8 heteroatoms. The maximum absolute atomic E-state index is 13.3. The zero-order valence-corrected chi connectivity index (χ0v) is 20.1. The summed E-state index contributed by atoms with van der Waals surface area (Å²) >= 11 is 6.02. The molecule has 7 nitrogen and oxygen atoms in total. The summed E-state index contributed by atoms with van der Waals surface area (Å²) in [5, 5.41) is 2.59. The average Bonchev–Trinajstić information content (AvgIpc) is 3.41. The number of aromatic nitrogens is 1. The molecule has 1 amide bonds. The van der Waals surface area contributed by atoms with Crippen molar-refractivity contribution in [2.45, 2.75) is 51.9 Å². The lowest BCUT2D eigenvalue weighted by Crippen LogP contribution is -2.47. The fourth-order valence-corrected chi connectivity index (χ4v) is 4.41. The van der Waals surface area contributed by atoms with E-state index >= 15 is 0 Å². The maximum Gasteiger partial charge on any atom is 0.251 e. The minimum atomic E-state index is -0.272. The molecule has 2 aromatic carbocycles. The van der Waals surface area contributed by atoms with E-state index in [1.54, 1.807) is 11.1 Å². The molecule has 1 saturated heterocycles. The van der Waals surface area contributed by atoms with Crippen molar-refractivity contribution in [3.63, 3.8) is 0 Å². The van der Waals surface area contributed by atoms with Gasteiger partial charge in [-0.1, -0.05) is 23.7 Å². The highest BCUT2D eigenvalue weighted by Crippen LogP contribution is 2.32. The third kappa shape index (κ3) is 4.54. The number of aryl methyl sites for hydroxylation is 1. The summed E-state index contributed by atoms with van der Waals surface area (Å²) in [6.07, 6.45) is 4.49. The Morgan fingerprint density at radius 3 is 2.59 bits per heavy atom. The first-order valence-electron chi connectivity index (χ1n) is 11.4. The van der Waals surface area contributed by atoms with E-state index in [1.807, 2.05) is 80.5 Å². The van der Waals surface area contributed by atoms with Gasteiger partial charge in [0.05, 0.1) is 18.7 Å². The van der Waals surface area contributed by atoms with Crippen LogP contribution in [0, 0.1) is 6.92 Å². The van der Waals surface area contributed by atoms with E-state index in [-0.39, 0.29) is 24.1 Å². The number of hydrazine groups is 1. The molecule has 1 fully saturated rings. The van der Waals surface area contributed by atoms with Crippen molar-refractivity contribution >= 4 is 17.5 Å². The Hall–Kier alpha value is -3.29. The minimum Gasteiger partial charge on any atom is -0.491 e. The molecule has 176 valence electrons. The Morgan fingerprint density at radius 1 is 1.15 bits per heavy atom. The summed E-state index contributed by atoms with van der Waals surface area (Å²) in [6.45, 7) is 6.22. The molecule has 0 radical (unpaired) electrons. The number of hydrogen-bond acceptors (Lipinski definition) is 6. The standard InChI is InChI=1S/C26H27ClN4O3/c1-16(2)33-21-10-6-19(7-11-21)25-28-23(17(3)34-25)15-30-12-13-31-24(26(30)32)14-22(29-31)18-4-8-20(27)9-5-18/h4-13,16,22,24,29H,14-15H2,1-3H3. The Morgan fingerprint density at radius 2 is 1.88 bits per heavy atom. The summed E-state index contributed by atoms with van der Waals surface area (Å²) in [4.78, 5) is 19.6. The molecule has 0 aliphatic carbocycles. The second-order valence-corrected chi connectivity index (χ2v) is 9.31. The quantitative estimate of drug-likeness (QED) is 0.523. The van der Waals surface area contributed by atoms with Gasteiger partial charge in [0.25, 0.3) is 5.91 Å². The molecule has 2 unspecified atom stereocenters. The van der Waals surface area contributed by atoms with Gasteiger partial charge in [-0.25, -0.2) is 10.4 Å². The first-order valence-corrected chi connectivity index (χ1v) is 11.8. The molecule has 2 aliphatic heterocycles. The number of amides is 1. The van der Waals surface area contributed by atoms with E-state index in [9.17, 15) is 4.79 Å². The summed E-state index contributed by atoms with van der Waals surface area (Å²) in [5.41, 5.74) is 6.12. The second kappa shape index (κ2) is 9.16. The highest BCUT2D eigenvalue weighted by Gasteiger charge is 2.40. The first-order chi connectivity index (χ1) is 16.4. The first kappa shape index (κ1) is 22.5. The number of nitrogens with zero attached hydrogens (tertiary/aromatic N) is 3. The number of ether oxygens (including phenoxy) is 1. The number of carbonyl (C=O) groups excluding carboxylic acids is 1. The molecule has 34 heavy (non-hydrogen) atoms. The lowest BCUT2D eigenvalue weighted by Gasteiger charge is -2.31. The van der Waals surface area contributed by atoms with Crippen molar-refractivity contribution in [2.24, 2.45) is 0 Å². The molecule has 1 N–H and O–H groups in total. The molecule has 5 rings (SSSR count). The Balaban J connectivity index is 1.27. The molecular formula is C26H27ClN4O3. The van der Waals surface area contributed by atoms with Crippen molar-refractivity contribution in [3.05, 3.63) is 83.0 Å². The zero-order chi connectivity index (χ0) is 23.8. The van der Waals surface area contributed by atoms with Gasteiger partial charge in [0.2, 0.25) is 5.89 Å². The van der Waals surface area contributed by atoms with Gasteiger partial charge in [-0.05, 0) is 69.2 Å². The van der Waals surface area contributed by atoms with Crippen LogP contribution in [0.1, 0.15) is 43.3 Å². The topological polar surface area (TPSA) is 70.8 Å². The lowest BCUT2D eigenvalue weighted by molar-refractivity contribution is -0.135. The van der Waals surface area contributed by atoms with Crippen LogP contribution in [0.5, 0.6) is 5.75 Å². The van der Waals surface area contributed by atoms with Crippen molar-refractivity contribution in [2.75, 3.05) is 0 Å². The van der Waals surface area contributed by atoms with Gasteiger partial charge in [0, 0.05) is 23.0 Å². The molecule has 0 saturated carbocycles. The molecule has 3 heterocycles. The van der Waals surface area contributed by atoms with Gasteiger partial charge in [0.1, 0.15) is 23.2 Å². The van der Waals surface area contributed by atoms with Gasteiger partial charge >= 0.3 is 0 Å². The van der Waals surface area contributed by atoms with Crippen LogP contribution in [0.4, 0.5) is 0 Å². The fraction of sp³-hybridized carbons (Fsp3) is 0.308. The van der Waals surface area contributed by atoms with E-state index in [0.29, 0.717) is 29.6 Å². The lowest BCUT2D eigenvalue weighted by atomic mass is 10.0. The normalized spacial score (nSPS) is 19.7. The maximum atomic E-state index is 13.3. The Labute approximate surface area is 203 Å². The van der Waals surface area contributed by atoms with Gasteiger partial charge in [0.15, 0.2) is 0 Å². The largest absolute Gasteiger partial charge is 0.491 e. The fourth-order valence-electron chi connectivity index (χ4n) is 4.29. The molecule has 2 atom stereocenters. The third-order valence-electron chi connectivity index (χ3n) is 6.03. The van der Waals surface area contributed by atoms with Crippen LogP contribution in [0.3, 0.4) is 0 Å². The van der Waals surface area contributed by atoms with Crippen molar-refractivity contribution in [1.29, 1.82) is 0 Å². The highest BCUT2D eigenvalue weighted by atomic mass is 35.5. The van der Waals surface area contributed by atoms with E-state index in [0.717, 1.165) is 22.6 Å². The van der Waals surface area contributed by atoms with Crippen molar-refractivity contribution in [3.8, 4) is 17.2 Å². The van der Waals surface area contributed by atoms with Crippen LogP contribution in [0.15, 0.2) is 65.3 Å². The Kier molecular flexibility index (Phi) is 6.06. The number of rotatable bonds is 6. The molecule has 2 aliphatic rings. The van der Waals surface area contributed by atoms with E-state index < -0.39 is 0 Å². The number of nitrogens with one attached hydrogen (secondary N) is 1. The summed E-state index contributed by atoms with van der Waals surface area (Å²) in [6, 6.07) is 15.2. The van der Waals surface area contributed by atoms with Crippen LogP contribution in [-0.4, -0.2) is 32.9 Å². The van der Waals surface area contributed by atoms with Crippen molar-refractivity contribution < 1.29 is 13.9 Å². The van der Waals surface area contributed by atoms with Crippen LogP contribution < -0.4 is 10.2 Å². The summed E-state index contributed by atoms with van der Waals surface area (Å²) < 4.78 is 11.6. The van der Waals surface area contributed by atoms with E-state index in [2.05, 4.69) is 10.4 Å². The number of oxazole rings is 1. The Bertz CT molecular complexity index is 1200. The molecule has 3 aromatic rings. The number of carbonyl (C=O) groups is 1. The minimum absolute atomic E-state index is 0.0330. The van der Waals surface area contributed by atoms with E-state index in [4.69, 9.17) is 20.8 Å². The van der Waals surface area contributed by atoms with Crippen LogP contribution in [0.25, 0.3) is 11.5 Å². The number of hydrogen-bond donors (Lipinski definition) is 1. The zero-order valence-electron chi connectivity index (χ0n) is 19.4. The van der Waals surface area contributed by atoms with Crippen LogP contribution in [0.2, 0.25) is 5.02 Å². The molecule has 1 aromatic heterocycles. The smallest absolute Gasteiger partial charge is 0.251 e. The number of fused-ring (bicyclic) bond motifs is 1. The summed E-state index contributed by atoms with van der Waals surface area (Å²) in [5.74, 6) is 2.07. The van der Waals surface area contributed by atoms with E-state index in [1.165, 1.54) is 0 Å². The predicted octanol–water partition coefficient (Wildman–Crippen LogP) is 5.22.